The van der Waals surface area contributed by atoms with Crippen molar-refractivity contribution in [1.82, 2.24) is 0 Å². The van der Waals surface area contributed by atoms with Gasteiger partial charge in [-0.25, -0.2) is 14.4 Å². The van der Waals surface area contributed by atoms with E-state index in [2.05, 4.69) is 0 Å². The number of benzene rings is 3. The van der Waals surface area contributed by atoms with Gasteiger partial charge in [-0.05, 0) is 240 Å². The molecule has 0 saturated heterocycles. The molecule has 0 amide bonds. The predicted octanol–water partition coefficient (Wildman–Crippen LogP) is 9.88. The highest BCUT2D eigenvalue weighted by molar-refractivity contribution is 14.1. The van der Waals surface area contributed by atoms with E-state index in [9.17, 15) is 45.3 Å². The molecule has 1 fully saturated rings. The third kappa shape index (κ3) is 13.6. The molecule has 4 rings (SSSR count). The first-order valence-corrected chi connectivity index (χ1v) is 26.0. The molecule has 1 aliphatic rings. The van der Waals surface area contributed by atoms with Gasteiger partial charge in [0.15, 0.2) is 0 Å². The fraction of sp³-hybridized carbons (Fsp3) is 0.290. The fourth-order valence-corrected chi connectivity index (χ4v) is 12.9. The summed E-state index contributed by atoms with van der Waals surface area (Å²) in [5.41, 5.74) is 0.272. The van der Waals surface area contributed by atoms with Crippen molar-refractivity contribution in [1.29, 1.82) is 0 Å². The van der Waals surface area contributed by atoms with Gasteiger partial charge in [-0.2, -0.15) is 21.6 Å². The number of esters is 4. The molecular formula is C31H18F3I9O11S. The zero-order chi connectivity index (χ0) is 41.3. The number of hydrogen-bond acceptors (Lipinski definition) is 10. The van der Waals surface area contributed by atoms with Crippen molar-refractivity contribution >= 4 is 237 Å². The van der Waals surface area contributed by atoms with Crippen LogP contribution in [0, 0.1) is 38.0 Å². The molecule has 1 aliphatic carbocycles. The van der Waals surface area contributed by atoms with Gasteiger partial charge in [-0.1, -0.05) is 0 Å². The second-order valence-electron chi connectivity index (χ2n) is 11.4. The Kier molecular flexibility index (Phi) is 18.7. The molecule has 0 radical (unpaired) electrons. The summed E-state index contributed by atoms with van der Waals surface area (Å²) >= 11 is 17.8. The van der Waals surface area contributed by atoms with E-state index in [0.29, 0.717) is 28.6 Å². The summed E-state index contributed by atoms with van der Waals surface area (Å²) in [6, 6.07) is 9.95. The van der Waals surface area contributed by atoms with Crippen LogP contribution in [-0.4, -0.2) is 73.2 Å². The lowest BCUT2D eigenvalue weighted by Crippen LogP contribution is -2.53. The maximum atomic E-state index is 14.0. The second-order valence-corrected chi connectivity index (χ2v) is 23.3. The van der Waals surface area contributed by atoms with Crippen LogP contribution in [0.1, 0.15) is 43.9 Å². The molecule has 298 valence electrons. The van der Waals surface area contributed by atoms with Gasteiger partial charge in [0.25, 0.3) is 10.1 Å². The Morgan fingerprint density at radius 2 is 1.00 bits per heavy atom. The van der Waals surface area contributed by atoms with Gasteiger partial charge in [-0.15, -0.1) is 0 Å². The topological polar surface area (TPSA) is 160 Å². The number of hydrogen-bond donors (Lipinski definition) is 1. The molecule has 3 aromatic carbocycles. The Hall–Kier alpha value is 1.81. The van der Waals surface area contributed by atoms with Gasteiger partial charge < -0.3 is 18.9 Å². The zero-order valence-electron chi connectivity index (χ0n) is 26.4. The molecule has 3 unspecified atom stereocenters. The highest BCUT2D eigenvalue weighted by atomic mass is 127. The smallest absolute Gasteiger partial charge is 0.426 e. The van der Waals surface area contributed by atoms with Gasteiger partial charge in [0.05, 0.1) is 16.7 Å². The van der Waals surface area contributed by atoms with Crippen molar-refractivity contribution in [3.8, 4) is 0 Å². The van der Waals surface area contributed by atoms with Crippen LogP contribution in [0.4, 0.5) is 13.2 Å². The summed E-state index contributed by atoms with van der Waals surface area (Å²) in [6.07, 6.45) is -14.5. The van der Waals surface area contributed by atoms with Gasteiger partial charge in [0, 0.05) is 45.0 Å². The van der Waals surface area contributed by atoms with E-state index in [4.69, 9.17) is 18.9 Å². The molecule has 3 atom stereocenters. The SMILES string of the molecule is O=C(OC1CC(OC(=O)c2cc(I)cc(I)c2I)C(C(=O)OC(CS(=O)(=O)O)C(F)(F)F)C(OC(=O)c2cc(I)cc(I)c2I)C1)c1cc(I)cc(I)c1I. The number of alkyl halides is 3. The highest BCUT2D eigenvalue weighted by Crippen LogP contribution is 2.37. The Labute approximate surface area is 434 Å². The quantitative estimate of drug-likeness (QED) is 0.0677. The molecule has 0 heterocycles. The van der Waals surface area contributed by atoms with Crippen LogP contribution in [0.3, 0.4) is 0 Å². The molecule has 24 heteroatoms. The van der Waals surface area contributed by atoms with Crippen molar-refractivity contribution in [3.63, 3.8) is 0 Å². The van der Waals surface area contributed by atoms with E-state index in [0.717, 1.165) is 3.57 Å². The lowest BCUT2D eigenvalue weighted by atomic mass is 9.81. The minimum Gasteiger partial charge on any atom is -0.458 e. The Morgan fingerprint density at radius 1 is 0.655 bits per heavy atom. The first kappa shape index (κ1) is 49.5. The van der Waals surface area contributed by atoms with Crippen LogP contribution < -0.4 is 0 Å². The second kappa shape index (κ2) is 20.8. The first-order valence-electron chi connectivity index (χ1n) is 14.6. The summed E-state index contributed by atoms with van der Waals surface area (Å²) in [7, 11) is -5.34. The lowest BCUT2D eigenvalue weighted by molar-refractivity contribution is -0.223. The Morgan fingerprint density at radius 3 is 1.33 bits per heavy atom. The van der Waals surface area contributed by atoms with Gasteiger partial charge in [0.1, 0.15) is 30.0 Å². The van der Waals surface area contributed by atoms with Crippen LogP contribution in [0.5, 0.6) is 0 Å². The molecule has 1 saturated carbocycles. The summed E-state index contributed by atoms with van der Waals surface area (Å²) in [5.74, 6) is -8.59. The molecule has 0 spiro atoms. The van der Waals surface area contributed by atoms with Crippen molar-refractivity contribution in [2.45, 2.75) is 43.4 Å². The van der Waals surface area contributed by atoms with Crippen LogP contribution >= 0.6 is 203 Å². The monoisotopic (exact) mass is 1800 g/mol. The summed E-state index contributed by atoms with van der Waals surface area (Å²) in [4.78, 5) is 55.2. The number of carbonyl (C=O) groups excluding carboxylic acids is 4. The summed E-state index contributed by atoms with van der Waals surface area (Å²) in [5, 5.41) is 0. The van der Waals surface area contributed by atoms with E-state index in [1.165, 1.54) is 12.1 Å². The van der Waals surface area contributed by atoms with Crippen molar-refractivity contribution in [2.24, 2.45) is 5.92 Å². The van der Waals surface area contributed by atoms with Gasteiger partial charge in [0.2, 0.25) is 6.10 Å². The molecule has 0 aliphatic heterocycles. The maximum absolute atomic E-state index is 14.0. The highest BCUT2D eigenvalue weighted by Gasteiger charge is 2.52. The third-order valence-electron chi connectivity index (χ3n) is 7.48. The number of ether oxygens (including phenoxy) is 4. The van der Waals surface area contributed by atoms with E-state index in [-0.39, 0.29) is 16.7 Å². The average Bonchev–Trinajstić information content (AvgIpc) is 3.04. The first-order chi connectivity index (χ1) is 25.4. The molecule has 3 aromatic rings. The lowest BCUT2D eigenvalue weighted by Gasteiger charge is -2.39. The minimum absolute atomic E-state index is 0.0437. The number of rotatable bonds is 10. The van der Waals surface area contributed by atoms with Crippen molar-refractivity contribution in [3.05, 3.63) is 85.2 Å². The minimum atomic E-state index is -5.47. The van der Waals surface area contributed by atoms with E-state index in [1.807, 2.05) is 209 Å². The van der Waals surface area contributed by atoms with E-state index < -0.39 is 89.1 Å². The van der Waals surface area contributed by atoms with Crippen LogP contribution in [0.2, 0.25) is 0 Å². The standard InChI is InChI=1S/C31H18F3I9O11S/c32-31(33,34)22(9-55(48,49)50)54-30(47)23-20(52-28(45)15-2-11(36)5-18(39)25(15)42)7-13(51-27(44)14-1-10(35)4-17(38)24(14)41)8-21(23)53-29(46)16-3-12(37)6-19(40)26(16)43/h1-6,13,20-23H,7-9H2,(H,48,49,50). The molecule has 55 heavy (non-hydrogen) atoms. The van der Waals surface area contributed by atoms with Gasteiger partial charge >= 0.3 is 30.1 Å². The molecule has 0 bridgehead atoms. The fourth-order valence-electron chi connectivity index (χ4n) is 5.13. The molecule has 11 nitrogen and oxygen atoms in total. The Balaban J connectivity index is 1.84. The molecule has 1 N–H and O–H groups in total. The zero-order valence-corrected chi connectivity index (χ0v) is 46.7. The number of halogens is 12. The Bertz CT molecular complexity index is 2070. The van der Waals surface area contributed by atoms with Crippen molar-refractivity contribution in [2.75, 3.05) is 5.75 Å². The number of carbonyl (C=O) groups is 4. The van der Waals surface area contributed by atoms with Crippen LogP contribution in [-0.2, 0) is 33.9 Å². The van der Waals surface area contributed by atoms with Crippen molar-refractivity contribution < 1.29 is 64.3 Å². The normalized spacial score (nSPS) is 19.3. The largest absolute Gasteiger partial charge is 0.458 e. The summed E-state index contributed by atoms with van der Waals surface area (Å²) in [6.45, 7) is 0. The van der Waals surface area contributed by atoms with Crippen LogP contribution in [0.25, 0.3) is 0 Å². The van der Waals surface area contributed by atoms with Gasteiger partial charge in [-0.3, -0.25) is 9.35 Å². The van der Waals surface area contributed by atoms with E-state index >= 15 is 0 Å². The molecule has 0 aromatic heterocycles. The third-order valence-corrected chi connectivity index (χ3v) is 19.2. The average molecular weight is 1800 g/mol. The predicted molar refractivity (Wildman–Crippen MR) is 266 cm³/mol. The molecular weight excluding hydrogens is 1780 g/mol. The maximum Gasteiger partial charge on any atom is 0.426 e. The van der Waals surface area contributed by atoms with E-state index in [1.54, 1.807) is 18.2 Å². The van der Waals surface area contributed by atoms with Crippen LogP contribution in [0.15, 0.2) is 36.4 Å². The summed E-state index contributed by atoms with van der Waals surface area (Å²) < 4.78 is 102.